The van der Waals surface area contributed by atoms with Crippen molar-refractivity contribution in [3.05, 3.63) is 35.9 Å². The van der Waals surface area contributed by atoms with Gasteiger partial charge in [0.15, 0.2) is 0 Å². The van der Waals surface area contributed by atoms with Crippen molar-refractivity contribution in [3.63, 3.8) is 0 Å². The molecule has 1 aliphatic heterocycles. The summed E-state index contributed by atoms with van der Waals surface area (Å²) in [7, 11) is -1.39. The van der Waals surface area contributed by atoms with Crippen LogP contribution in [0.4, 0.5) is 0 Å². The first kappa shape index (κ1) is 19.4. The summed E-state index contributed by atoms with van der Waals surface area (Å²) >= 11 is 0. The van der Waals surface area contributed by atoms with Crippen LogP contribution in [-0.4, -0.2) is 49.7 Å². The van der Waals surface area contributed by atoms with Crippen molar-refractivity contribution in [1.29, 1.82) is 0 Å². The zero-order valence-electron chi connectivity index (χ0n) is 15.6. The zero-order valence-corrected chi connectivity index (χ0v) is 16.5. The number of carbonyl (C=O) groups is 1. The van der Waals surface area contributed by atoms with E-state index in [1.807, 2.05) is 42.3 Å². The van der Waals surface area contributed by atoms with Gasteiger partial charge in [-0.15, -0.1) is 0 Å². The van der Waals surface area contributed by atoms with E-state index in [1.54, 1.807) is 4.31 Å². The van der Waals surface area contributed by atoms with Crippen molar-refractivity contribution in [1.82, 2.24) is 9.21 Å². The van der Waals surface area contributed by atoms with E-state index in [2.05, 4.69) is 0 Å². The second-order valence-electron chi connectivity index (χ2n) is 7.66. The molecule has 1 aromatic rings. The van der Waals surface area contributed by atoms with E-state index >= 15 is 0 Å². The molecule has 1 saturated heterocycles. The molecular weight excluding hydrogens is 348 g/mol. The van der Waals surface area contributed by atoms with Gasteiger partial charge < -0.3 is 4.90 Å². The quantitative estimate of drug-likeness (QED) is 0.791. The lowest BCUT2D eigenvalue weighted by atomic mass is 9.91. The number of amides is 1. The first-order valence-corrected chi connectivity index (χ1v) is 11.4. The molecule has 26 heavy (non-hydrogen) atoms. The molecule has 0 bridgehead atoms. The van der Waals surface area contributed by atoms with E-state index < -0.39 is 10.0 Å². The Kier molecular flexibility index (Phi) is 6.35. The highest BCUT2D eigenvalue weighted by Crippen LogP contribution is 2.27. The van der Waals surface area contributed by atoms with Gasteiger partial charge in [0.05, 0.1) is 5.75 Å². The highest BCUT2D eigenvalue weighted by molar-refractivity contribution is 7.88. The van der Waals surface area contributed by atoms with Crippen LogP contribution >= 0.6 is 0 Å². The van der Waals surface area contributed by atoms with Crippen molar-refractivity contribution < 1.29 is 13.2 Å². The van der Waals surface area contributed by atoms with E-state index in [1.165, 1.54) is 19.3 Å². The van der Waals surface area contributed by atoms with E-state index in [4.69, 9.17) is 0 Å². The van der Waals surface area contributed by atoms with E-state index in [0.717, 1.165) is 18.4 Å². The van der Waals surface area contributed by atoms with Crippen molar-refractivity contribution in [2.75, 3.05) is 20.1 Å². The molecule has 2 fully saturated rings. The fraction of sp³-hybridized carbons (Fsp3) is 0.650. The second kappa shape index (κ2) is 8.53. The van der Waals surface area contributed by atoms with Crippen LogP contribution in [-0.2, 0) is 20.6 Å². The Morgan fingerprint density at radius 2 is 1.65 bits per heavy atom. The number of piperidine rings is 1. The summed E-state index contributed by atoms with van der Waals surface area (Å²) in [4.78, 5) is 14.7. The molecular formula is C20H30N2O3S. The minimum Gasteiger partial charge on any atom is -0.343 e. The lowest BCUT2D eigenvalue weighted by molar-refractivity contribution is -0.138. The lowest BCUT2D eigenvalue weighted by Crippen LogP contribution is -2.46. The first-order valence-electron chi connectivity index (χ1n) is 9.76. The van der Waals surface area contributed by atoms with Gasteiger partial charge >= 0.3 is 0 Å². The zero-order chi connectivity index (χ0) is 18.6. The molecule has 2 aliphatic rings. The summed E-state index contributed by atoms with van der Waals surface area (Å²) in [5.74, 6) is 0.205. The number of hydrogen-bond acceptors (Lipinski definition) is 3. The summed E-state index contributed by atoms with van der Waals surface area (Å²) in [6, 6.07) is 9.65. The van der Waals surface area contributed by atoms with Gasteiger partial charge in [-0.3, -0.25) is 4.79 Å². The second-order valence-corrected chi connectivity index (χ2v) is 9.63. The standard InChI is InChI=1S/C20H30N2O3S/c1-21(19-10-6-3-7-11-19)20(23)18-12-14-22(15-13-18)26(24,25)16-17-8-4-2-5-9-17/h2,4-5,8-9,18-19H,3,6-7,10-16H2,1H3. The highest BCUT2D eigenvalue weighted by Gasteiger charge is 2.34. The van der Waals surface area contributed by atoms with Crippen LogP contribution in [0.15, 0.2) is 30.3 Å². The number of carbonyl (C=O) groups excluding carboxylic acids is 1. The van der Waals surface area contributed by atoms with Crippen molar-refractivity contribution in [2.45, 2.75) is 56.7 Å². The van der Waals surface area contributed by atoms with Crippen LogP contribution in [0.2, 0.25) is 0 Å². The monoisotopic (exact) mass is 378 g/mol. The molecule has 1 amide bonds. The number of nitrogens with zero attached hydrogens (tertiary/aromatic N) is 2. The maximum absolute atomic E-state index is 12.8. The average Bonchev–Trinajstić information content (AvgIpc) is 2.68. The van der Waals surface area contributed by atoms with Gasteiger partial charge in [0.2, 0.25) is 15.9 Å². The molecule has 5 nitrogen and oxygen atoms in total. The van der Waals surface area contributed by atoms with Gasteiger partial charge in [0.1, 0.15) is 0 Å². The Hall–Kier alpha value is -1.40. The average molecular weight is 379 g/mol. The van der Waals surface area contributed by atoms with Crippen LogP contribution in [0.3, 0.4) is 0 Å². The minimum absolute atomic E-state index is 0.0361. The normalized spacial score (nSPS) is 20.8. The lowest BCUT2D eigenvalue weighted by Gasteiger charge is -2.36. The predicted octanol–water partition coefficient (Wildman–Crippen LogP) is 3.02. The molecule has 0 aromatic heterocycles. The maximum Gasteiger partial charge on any atom is 0.225 e. The highest BCUT2D eigenvalue weighted by atomic mass is 32.2. The number of sulfonamides is 1. The van der Waals surface area contributed by atoms with Crippen molar-refractivity contribution in [2.24, 2.45) is 5.92 Å². The van der Waals surface area contributed by atoms with Gasteiger partial charge in [0.25, 0.3) is 0 Å². The van der Waals surface area contributed by atoms with Gasteiger partial charge in [0, 0.05) is 32.1 Å². The summed E-state index contributed by atoms with van der Waals surface area (Å²) in [6.45, 7) is 0.897. The Morgan fingerprint density at radius 1 is 1.04 bits per heavy atom. The fourth-order valence-electron chi connectivity index (χ4n) is 4.19. The number of benzene rings is 1. The van der Waals surface area contributed by atoms with Crippen molar-refractivity contribution in [3.8, 4) is 0 Å². The van der Waals surface area contributed by atoms with Crippen LogP contribution in [0, 0.1) is 5.92 Å². The smallest absolute Gasteiger partial charge is 0.225 e. The largest absolute Gasteiger partial charge is 0.343 e. The fourth-order valence-corrected chi connectivity index (χ4v) is 5.76. The molecule has 1 aromatic carbocycles. The van der Waals surface area contributed by atoms with Crippen LogP contribution in [0.5, 0.6) is 0 Å². The van der Waals surface area contributed by atoms with Crippen LogP contribution in [0.1, 0.15) is 50.5 Å². The summed E-state index contributed by atoms with van der Waals surface area (Å²) in [5, 5.41) is 0. The summed E-state index contributed by atoms with van der Waals surface area (Å²) < 4.78 is 26.8. The van der Waals surface area contributed by atoms with E-state index in [9.17, 15) is 13.2 Å². The first-order chi connectivity index (χ1) is 12.5. The van der Waals surface area contributed by atoms with Gasteiger partial charge in [-0.1, -0.05) is 49.6 Å². The Balaban J connectivity index is 1.54. The molecule has 0 spiro atoms. The Bertz CT molecular complexity index is 691. The van der Waals surface area contributed by atoms with Crippen LogP contribution < -0.4 is 0 Å². The predicted molar refractivity (Wildman–Crippen MR) is 103 cm³/mol. The maximum atomic E-state index is 12.8. The topological polar surface area (TPSA) is 57.7 Å². The van der Waals surface area contributed by atoms with E-state index in [0.29, 0.717) is 32.0 Å². The van der Waals surface area contributed by atoms with Crippen LogP contribution in [0.25, 0.3) is 0 Å². The van der Waals surface area contributed by atoms with Gasteiger partial charge in [-0.25, -0.2) is 12.7 Å². The molecule has 0 unspecified atom stereocenters. The summed E-state index contributed by atoms with van der Waals surface area (Å²) in [5.41, 5.74) is 0.808. The molecule has 0 atom stereocenters. The van der Waals surface area contributed by atoms with Crippen molar-refractivity contribution >= 4 is 15.9 Å². The molecule has 3 rings (SSSR count). The molecule has 1 heterocycles. The molecule has 0 N–H and O–H groups in total. The molecule has 1 saturated carbocycles. The molecule has 144 valence electrons. The third kappa shape index (κ3) is 4.65. The molecule has 1 aliphatic carbocycles. The Labute approximate surface area is 157 Å². The third-order valence-corrected chi connectivity index (χ3v) is 7.71. The molecule has 0 radical (unpaired) electrons. The minimum atomic E-state index is -3.32. The Morgan fingerprint density at radius 3 is 2.27 bits per heavy atom. The van der Waals surface area contributed by atoms with E-state index in [-0.39, 0.29) is 17.6 Å². The summed E-state index contributed by atoms with van der Waals surface area (Å²) in [6.07, 6.45) is 7.15. The molecule has 6 heteroatoms. The van der Waals surface area contributed by atoms with Gasteiger partial charge in [-0.2, -0.15) is 0 Å². The number of hydrogen-bond donors (Lipinski definition) is 0. The SMILES string of the molecule is CN(C(=O)C1CCN(S(=O)(=O)Cc2ccccc2)CC1)C1CCCCC1. The third-order valence-electron chi connectivity index (χ3n) is 5.86. The number of rotatable bonds is 5. The van der Waals surface area contributed by atoms with Gasteiger partial charge in [-0.05, 0) is 31.2 Å².